The van der Waals surface area contributed by atoms with Crippen LogP contribution < -0.4 is 0 Å². The van der Waals surface area contributed by atoms with Crippen molar-refractivity contribution in [2.24, 2.45) is 0 Å². The zero-order valence-electron chi connectivity index (χ0n) is 11.0. The first-order valence-electron chi connectivity index (χ1n) is 6.56. The molecule has 0 aromatic heterocycles. The molecule has 0 bridgehead atoms. The molecule has 0 radical (unpaired) electrons. The summed E-state index contributed by atoms with van der Waals surface area (Å²) in [7, 11) is -3.63. The Bertz CT molecular complexity index is 582. The molecule has 1 saturated heterocycles. The van der Waals surface area contributed by atoms with E-state index in [-0.39, 0.29) is 27.1 Å². The summed E-state index contributed by atoms with van der Waals surface area (Å²) >= 11 is 12.0. The second-order valence-electron chi connectivity index (χ2n) is 4.81. The van der Waals surface area contributed by atoms with Gasteiger partial charge in [0, 0.05) is 23.7 Å². The van der Waals surface area contributed by atoms with Crippen molar-refractivity contribution in [1.82, 2.24) is 4.31 Å². The van der Waals surface area contributed by atoms with Gasteiger partial charge in [0.25, 0.3) is 0 Å². The van der Waals surface area contributed by atoms with Crippen LogP contribution in [0.15, 0.2) is 17.0 Å². The van der Waals surface area contributed by atoms with E-state index in [1.807, 2.05) is 0 Å². The number of benzene rings is 1. The van der Waals surface area contributed by atoms with E-state index >= 15 is 0 Å². The minimum absolute atomic E-state index is 0.0178. The Kier molecular flexibility index (Phi) is 5.31. The van der Waals surface area contributed by atoms with E-state index in [1.165, 1.54) is 16.4 Å². The van der Waals surface area contributed by atoms with Crippen molar-refractivity contribution in [2.45, 2.75) is 37.2 Å². The summed E-state index contributed by atoms with van der Waals surface area (Å²) in [5.74, 6) is 0. The number of hydrogen-bond donors (Lipinski definition) is 1. The van der Waals surface area contributed by atoms with Crippen LogP contribution in [0.25, 0.3) is 0 Å². The number of rotatable bonds is 3. The molecule has 1 aromatic carbocycles. The molecule has 1 aliphatic rings. The van der Waals surface area contributed by atoms with Gasteiger partial charge < -0.3 is 5.11 Å². The van der Waals surface area contributed by atoms with E-state index in [0.717, 1.165) is 25.7 Å². The van der Waals surface area contributed by atoms with Crippen molar-refractivity contribution < 1.29 is 13.5 Å². The van der Waals surface area contributed by atoms with Crippen LogP contribution in [-0.4, -0.2) is 30.9 Å². The fourth-order valence-corrected chi connectivity index (χ4v) is 4.73. The molecule has 0 atom stereocenters. The number of sulfonamides is 1. The monoisotopic (exact) mass is 337 g/mol. The quantitative estimate of drug-likeness (QED) is 0.922. The summed E-state index contributed by atoms with van der Waals surface area (Å²) in [4.78, 5) is 0.0227. The van der Waals surface area contributed by atoms with Crippen molar-refractivity contribution in [3.63, 3.8) is 0 Å². The SMILES string of the molecule is O=S(=O)(c1ccc(Cl)c(CO)c1Cl)N1CCCCCC1. The van der Waals surface area contributed by atoms with Gasteiger partial charge in [-0.3, -0.25) is 0 Å². The highest BCUT2D eigenvalue weighted by molar-refractivity contribution is 7.89. The fraction of sp³-hybridized carbons (Fsp3) is 0.538. The van der Waals surface area contributed by atoms with E-state index < -0.39 is 10.0 Å². The third kappa shape index (κ3) is 3.12. The molecule has 0 spiro atoms. The van der Waals surface area contributed by atoms with Crippen molar-refractivity contribution in [3.05, 3.63) is 27.7 Å². The summed E-state index contributed by atoms with van der Waals surface area (Å²) in [6.07, 6.45) is 3.80. The predicted molar refractivity (Wildman–Crippen MR) is 79.6 cm³/mol. The summed E-state index contributed by atoms with van der Waals surface area (Å²) in [6.45, 7) is 0.631. The minimum atomic E-state index is -3.63. The molecular formula is C13H17Cl2NO3S. The van der Waals surface area contributed by atoms with Gasteiger partial charge in [-0.05, 0) is 25.0 Å². The predicted octanol–water partition coefficient (Wildman–Crippen LogP) is 3.05. The average molecular weight is 338 g/mol. The van der Waals surface area contributed by atoms with Crippen LogP contribution in [0.3, 0.4) is 0 Å². The Hall–Kier alpha value is -0.330. The van der Waals surface area contributed by atoms with Crippen LogP contribution >= 0.6 is 23.2 Å². The lowest BCUT2D eigenvalue weighted by Crippen LogP contribution is -2.32. The van der Waals surface area contributed by atoms with E-state index in [1.54, 1.807) is 0 Å². The molecule has 1 aromatic rings. The number of hydrogen-bond acceptors (Lipinski definition) is 3. The topological polar surface area (TPSA) is 57.6 Å². The second-order valence-corrected chi connectivity index (χ2v) is 7.51. The van der Waals surface area contributed by atoms with Crippen molar-refractivity contribution in [2.75, 3.05) is 13.1 Å². The Balaban J connectivity index is 2.43. The van der Waals surface area contributed by atoms with Gasteiger partial charge in [0.1, 0.15) is 4.90 Å². The first-order chi connectivity index (χ1) is 9.48. The molecule has 1 N–H and O–H groups in total. The molecule has 0 amide bonds. The molecule has 2 rings (SSSR count). The zero-order chi connectivity index (χ0) is 14.8. The standard InChI is InChI=1S/C13H17Cl2NO3S/c14-11-5-6-12(13(15)10(11)9-17)20(18,19)16-7-3-1-2-4-8-16/h5-6,17H,1-4,7-9H2. The Morgan fingerprint density at radius 3 is 2.25 bits per heavy atom. The lowest BCUT2D eigenvalue weighted by Gasteiger charge is -2.21. The highest BCUT2D eigenvalue weighted by Gasteiger charge is 2.28. The van der Waals surface area contributed by atoms with Gasteiger partial charge in [-0.15, -0.1) is 0 Å². The van der Waals surface area contributed by atoms with Gasteiger partial charge in [-0.1, -0.05) is 36.0 Å². The normalized spacial score (nSPS) is 17.9. The maximum Gasteiger partial charge on any atom is 0.244 e. The first kappa shape index (κ1) is 16.0. The van der Waals surface area contributed by atoms with Crippen LogP contribution in [0.4, 0.5) is 0 Å². The third-order valence-electron chi connectivity index (χ3n) is 3.49. The van der Waals surface area contributed by atoms with Crippen molar-refractivity contribution in [1.29, 1.82) is 0 Å². The molecule has 0 unspecified atom stereocenters. The molecule has 1 aliphatic heterocycles. The van der Waals surface area contributed by atoms with E-state index in [4.69, 9.17) is 23.2 Å². The van der Waals surface area contributed by atoms with E-state index in [0.29, 0.717) is 13.1 Å². The lowest BCUT2D eigenvalue weighted by atomic mass is 10.2. The lowest BCUT2D eigenvalue weighted by molar-refractivity contribution is 0.281. The molecule has 112 valence electrons. The molecule has 0 aliphatic carbocycles. The Morgan fingerprint density at radius 1 is 1.10 bits per heavy atom. The first-order valence-corrected chi connectivity index (χ1v) is 8.76. The second kappa shape index (κ2) is 6.62. The van der Waals surface area contributed by atoms with Crippen molar-refractivity contribution in [3.8, 4) is 0 Å². The van der Waals surface area contributed by atoms with Crippen LogP contribution in [-0.2, 0) is 16.6 Å². The van der Waals surface area contributed by atoms with E-state index in [9.17, 15) is 13.5 Å². The van der Waals surface area contributed by atoms with Gasteiger partial charge in [0.05, 0.1) is 11.6 Å². The van der Waals surface area contributed by atoms with E-state index in [2.05, 4.69) is 0 Å². The molecule has 7 heteroatoms. The van der Waals surface area contributed by atoms with Crippen LogP contribution in [0.1, 0.15) is 31.2 Å². The summed E-state index contributed by atoms with van der Waals surface area (Å²) in [5, 5.41) is 9.56. The fourth-order valence-electron chi connectivity index (χ4n) is 2.34. The summed E-state index contributed by atoms with van der Waals surface area (Å²) in [6, 6.07) is 2.87. The molecule has 4 nitrogen and oxygen atoms in total. The maximum atomic E-state index is 12.7. The zero-order valence-corrected chi connectivity index (χ0v) is 13.3. The van der Waals surface area contributed by atoms with Crippen molar-refractivity contribution >= 4 is 33.2 Å². The highest BCUT2D eigenvalue weighted by Crippen LogP contribution is 2.33. The number of nitrogens with zero attached hydrogens (tertiary/aromatic N) is 1. The average Bonchev–Trinajstić information content (AvgIpc) is 2.68. The van der Waals surface area contributed by atoms with Gasteiger partial charge >= 0.3 is 0 Å². The highest BCUT2D eigenvalue weighted by atomic mass is 35.5. The van der Waals surface area contributed by atoms with Gasteiger partial charge in [-0.25, -0.2) is 8.42 Å². The maximum absolute atomic E-state index is 12.7. The molecule has 1 fully saturated rings. The number of aliphatic hydroxyl groups excluding tert-OH is 1. The number of halogens is 2. The van der Waals surface area contributed by atoms with Crippen LogP contribution in [0, 0.1) is 0 Å². The smallest absolute Gasteiger partial charge is 0.244 e. The van der Waals surface area contributed by atoms with Crippen LogP contribution in [0.5, 0.6) is 0 Å². The van der Waals surface area contributed by atoms with Gasteiger partial charge in [0.2, 0.25) is 10.0 Å². The Labute approximate surface area is 129 Å². The summed E-state index contributed by atoms with van der Waals surface area (Å²) < 4.78 is 26.8. The molecule has 20 heavy (non-hydrogen) atoms. The van der Waals surface area contributed by atoms with Gasteiger partial charge in [-0.2, -0.15) is 4.31 Å². The van der Waals surface area contributed by atoms with Crippen LogP contribution in [0.2, 0.25) is 10.0 Å². The molecular weight excluding hydrogens is 321 g/mol. The third-order valence-corrected chi connectivity index (χ3v) is 6.33. The van der Waals surface area contributed by atoms with Gasteiger partial charge in [0.15, 0.2) is 0 Å². The largest absolute Gasteiger partial charge is 0.392 e. The minimum Gasteiger partial charge on any atom is -0.392 e. The molecule has 0 saturated carbocycles. The number of aliphatic hydroxyl groups is 1. The Morgan fingerprint density at radius 2 is 1.70 bits per heavy atom. The summed E-state index contributed by atoms with van der Waals surface area (Å²) in [5.41, 5.74) is 0.254. The molecule has 1 heterocycles.